The number of rotatable bonds is 9. The maximum Gasteiger partial charge on any atom is 0.0650 e. The van der Waals surface area contributed by atoms with Gasteiger partial charge in [0.15, 0.2) is 0 Å². The largest absolute Gasteiger partial charge is 0.390 e. The van der Waals surface area contributed by atoms with E-state index in [0.717, 1.165) is 54.8 Å². The van der Waals surface area contributed by atoms with Gasteiger partial charge in [0.25, 0.3) is 0 Å². The van der Waals surface area contributed by atoms with Gasteiger partial charge in [0.05, 0.1) is 11.2 Å². The van der Waals surface area contributed by atoms with Crippen LogP contribution >= 0.6 is 0 Å². The number of hydrogen-bond donors (Lipinski definition) is 1. The Labute approximate surface area is 218 Å². The molecule has 0 aromatic heterocycles. The van der Waals surface area contributed by atoms with E-state index in [4.69, 9.17) is 4.74 Å². The lowest BCUT2D eigenvalue weighted by Crippen LogP contribution is -2.56. The van der Waals surface area contributed by atoms with Gasteiger partial charge in [-0.05, 0) is 130 Å². The van der Waals surface area contributed by atoms with Crippen molar-refractivity contribution in [1.29, 1.82) is 0 Å². The Morgan fingerprint density at radius 1 is 0.971 bits per heavy atom. The average molecular weight is 483 g/mol. The molecule has 0 bridgehead atoms. The fraction of sp³-hybridized carbons (Fsp3) is 1.00. The van der Waals surface area contributed by atoms with Gasteiger partial charge in [-0.1, -0.05) is 53.9 Å². The number of ether oxygens (including phenoxy) is 1. The first-order valence-electron chi connectivity index (χ1n) is 15.3. The van der Waals surface area contributed by atoms with Crippen molar-refractivity contribution in [2.45, 2.75) is 149 Å². The van der Waals surface area contributed by atoms with Crippen molar-refractivity contribution in [3.05, 3.63) is 0 Å². The van der Waals surface area contributed by atoms with Gasteiger partial charge in [-0.3, -0.25) is 0 Å². The highest BCUT2D eigenvalue weighted by Gasteiger charge is 2.61. The van der Waals surface area contributed by atoms with Crippen molar-refractivity contribution in [1.82, 2.24) is 0 Å². The SMILES string of the molecule is CCCC(C)(CCC[C@@H](C)C1CCC2[C@@H]3CCC4C[C@](O)(CC)CC[C@]4(C)C3CC[C@@]21C)OC.[HH].[HH].[HH].[HH]. The van der Waals surface area contributed by atoms with Crippen LogP contribution < -0.4 is 0 Å². The molecule has 206 valence electrons. The molecule has 4 saturated carbocycles. The van der Waals surface area contributed by atoms with Gasteiger partial charge in [-0.25, -0.2) is 0 Å². The molecule has 0 aliphatic heterocycles. The highest BCUT2D eigenvalue weighted by Crippen LogP contribution is 2.69. The Balaban J connectivity index is 0.00000342. The van der Waals surface area contributed by atoms with Crippen molar-refractivity contribution in [3.63, 3.8) is 0 Å². The lowest BCUT2D eigenvalue weighted by molar-refractivity contribution is -0.152. The number of hydrogen-bond acceptors (Lipinski definition) is 2. The van der Waals surface area contributed by atoms with Crippen molar-refractivity contribution >= 4 is 0 Å². The van der Waals surface area contributed by atoms with E-state index in [1.165, 1.54) is 77.0 Å². The molecule has 1 N–H and O–H groups in total. The van der Waals surface area contributed by atoms with Crippen LogP contribution in [0.1, 0.15) is 144 Å². The third kappa shape index (κ3) is 4.66. The third-order valence-corrected chi connectivity index (χ3v) is 12.9. The molecule has 5 unspecified atom stereocenters. The summed E-state index contributed by atoms with van der Waals surface area (Å²) in [6, 6.07) is 0. The highest BCUT2D eigenvalue weighted by molar-refractivity contribution is 5.10. The minimum absolute atomic E-state index is 0. The van der Waals surface area contributed by atoms with Crippen LogP contribution in [0.2, 0.25) is 0 Å². The summed E-state index contributed by atoms with van der Waals surface area (Å²) in [7, 11) is 1.91. The summed E-state index contributed by atoms with van der Waals surface area (Å²) in [5.41, 5.74) is 0.757. The van der Waals surface area contributed by atoms with Gasteiger partial charge < -0.3 is 9.84 Å². The van der Waals surface area contributed by atoms with Gasteiger partial charge in [-0.15, -0.1) is 0 Å². The molecule has 4 fully saturated rings. The third-order valence-electron chi connectivity index (χ3n) is 12.9. The summed E-state index contributed by atoms with van der Waals surface area (Å²) < 4.78 is 5.91. The van der Waals surface area contributed by atoms with Crippen LogP contribution in [0.25, 0.3) is 0 Å². The van der Waals surface area contributed by atoms with E-state index < -0.39 is 0 Å². The van der Waals surface area contributed by atoms with E-state index >= 15 is 0 Å². The minimum atomic E-state index is -0.371. The van der Waals surface area contributed by atoms with Crippen LogP contribution in [0, 0.1) is 46.3 Å². The molecule has 0 aromatic rings. The molecular formula is C32H66O2. The summed E-state index contributed by atoms with van der Waals surface area (Å²) >= 11 is 0. The molecule has 34 heavy (non-hydrogen) atoms. The lowest BCUT2D eigenvalue weighted by atomic mass is 9.43. The van der Waals surface area contributed by atoms with Crippen LogP contribution in [-0.2, 0) is 4.74 Å². The second kappa shape index (κ2) is 10.00. The molecule has 0 spiro atoms. The first-order chi connectivity index (χ1) is 16.0. The summed E-state index contributed by atoms with van der Waals surface area (Å²) in [5, 5.41) is 11.1. The van der Waals surface area contributed by atoms with E-state index in [2.05, 4.69) is 41.5 Å². The fourth-order valence-electron chi connectivity index (χ4n) is 10.5. The second-order valence-electron chi connectivity index (χ2n) is 14.4. The van der Waals surface area contributed by atoms with Crippen molar-refractivity contribution in [3.8, 4) is 0 Å². The summed E-state index contributed by atoms with van der Waals surface area (Å²) in [6.07, 6.45) is 19.3. The molecule has 0 aromatic carbocycles. The molecule has 2 heteroatoms. The number of methoxy groups -OCH3 is 1. The van der Waals surface area contributed by atoms with E-state index in [1.807, 2.05) is 7.11 Å². The smallest absolute Gasteiger partial charge is 0.0650 e. The van der Waals surface area contributed by atoms with E-state index in [9.17, 15) is 5.11 Å². The molecule has 0 saturated heterocycles. The highest BCUT2D eigenvalue weighted by atomic mass is 16.5. The van der Waals surface area contributed by atoms with Gasteiger partial charge in [-0.2, -0.15) is 0 Å². The summed E-state index contributed by atoms with van der Waals surface area (Å²) in [5.74, 6) is 5.33. The van der Waals surface area contributed by atoms with Gasteiger partial charge >= 0.3 is 0 Å². The lowest BCUT2D eigenvalue weighted by Gasteiger charge is -2.62. The molecular weight excluding hydrogens is 416 g/mol. The monoisotopic (exact) mass is 483 g/mol. The van der Waals surface area contributed by atoms with Gasteiger partial charge in [0.2, 0.25) is 0 Å². The van der Waals surface area contributed by atoms with Gasteiger partial charge in [0.1, 0.15) is 0 Å². The van der Waals surface area contributed by atoms with E-state index in [-0.39, 0.29) is 16.9 Å². The molecule has 2 nitrogen and oxygen atoms in total. The molecule has 0 amide bonds. The van der Waals surface area contributed by atoms with Crippen LogP contribution in [0.15, 0.2) is 0 Å². The molecule has 0 heterocycles. The predicted molar refractivity (Wildman–Crippen MR) is 152 cm³/mol. The zero-order valence-corrected chi connectivity index (χ0v) is 23.9. The summed E-state index contributed by atoms with van der Waals surface area (Å²) in [6.45, 7) is 14.7. The standard InChI is InChI=1S/C32H58O2.4H2/c1-8-17-29(4,34-7)18-10-11-23(3)26-14-15-27-25-13-12-24-22-32(33,9-2)21-20-30(24,5)28(25)16-19-31(26,27)6;;;;/h23-28,33H,8-22H2,1-7H3;4*1H/t23-,24?,25+,26?,27?,28?,29?,30+,31-,32+;;;;/m1..../s1. The van der Waals surface area contributed by atoms with Gasteiger partial charge in [0, 0.05) is 12.8 Å². The van der Waals surface area contributed by atoms with Crippen molar-refractivity contribution in [2.75, 3.05) is 7.11 Å². The quantitative estimate of drug-likeness (QED) is 0.354. The zero-order chi connectivity index (χ0) is 24.8. The normalized spacial score (nSPS) is 46.8. The average Bonchev–Trinajstić information content (AvgIpc) is 3.17. The van der Waals surface area contributed by atoms with Crippen LogP contribution in [0.4, 0.5) is 0 Å². The number of fused-ring (bicyclic) bond motifs is 5. The maximum atomic E-state index is 11.1. The maximum absolute atomic E-state index is 11.1. The summed E-state index contributed by atoms with van der Waals surface area (Å²) in [4.78, 5) is 0. The van der Waals surface area contributed by atoms with E-state index in [0.29, 0.717) is 10.8 Å². The second-order valence-corrected chi connectivity index (χ2v) is 14.4. The Morgan fingerprint density at radius 2 is 1.71 bits per heavy atom. The Morgan fingerprint density at radius 3 is 2.38 bits per heavy atom. The number of aliphatic hydroxyl groups is 1. The van der Waals surface area contributed by atoms with Crippen LogP contribution in [0.5, 0.6) is 0 Å². The van der Waals surface area contributed by atoms with Crippen LogP contribution in [0.3, 0.4) is 0 Å². The molecule has 0 radical (unpaired) electrons. The molecule has 4 rings (SSSR count). The van der Waals surface area contributed by atoms with E-state index in [1.54, 1.807) is 0 Å². The first-order valence-corrected chi connectivity index (χ1v) is 15.3. The molecule has 4 aliphatic rings. The molecule has 4 aliphatic carbocycles. The van der Waals surface area contributed by atoms with Crippen molar-refractivity contribution < 1.29 is 15.5 Å². The van der Waals surface area contributed by atoms with Crippen LogP contribution in [-0.4, -0.2) is 23.4 Å². The fourth-order valence-corrected chi connectivity index (χ4v) is 10.5. The Bertz CT molecular complexity index is 709. The Hall–Kier alpha value is -0.0800. The van der Waals surface area contributed by atoms with Crippen molar-refractivity contribution in [2.24, 2.45) is 46.3 Å². The first kappa shape index (κ1) is 27.0. The zero-order valence-electron chi connectivity index (χ0n) is 23.9. The topological polar surface area (TPSA) is 29.5 Å². The predicted octanol–water partition coefficient (Wildman–Crippen LogP) is 9.78. The Kier molecular flexibility index (Phi) is 7.93. The molecule has 10 atom stereocenters. The minimum Gasteiger partial charge on any atom is -0.390 e.